The number of benzene rings is 1. The van der Waals surface area contributed by atoms with Crippen molar-refractivity contribution < 1.29 is 4.79 Å². The number of hydrogen-bond acceptors (Lipinski definition) is 1. The molecule has 0 amide bonds. The van der Waals surface area contributed by atoms with E-state index in [-0.39, 0.29) is 5.78 Å². The van der Waals surface area contributed by atoms with E-state index in [2.05, 4.69) is 18.8 Å². The van der Waals surface area contributed by atoms with Crippen molar-refractivity contribution in [2.45, 2.75) is 51.9 Å². The van der Waals surface area contributed by atoms with Gasteiger partial charge >= 0.3 is 0 Å². The van der Waals surface area contributed by atoms with Crippen LogP contribution in [0, 0.1) is 11.8 Å². The molecule has 0 saturated carbocycles. The summed E-state index contributed by atoms with van der Waals surface area (Å²) in [7, 11) is 0. The second-order valence-corrected chi connectivity index (χ2v) is 5.09. The molecule has 0 unspecified atom stereocenters. The standard InChI is InChI=1S/C17H21ClO/c1-2-3-4-5-6-7-8-9-10-17(19)15-11-13-16(18)14-12-15/h11-14H,2-8H2,1H3. The zero-order valence-corrected chi connectivity index (χ0v) is 12.3. The molecule has 0 fully saturated rings. The highest BCUT2D eigenvalue weighted by molar-refractivity contribution is 6.30. The first kappa shape index (κ1) is 15.8. The SMILES string of the molecule is CCCCCCCCC#CC(=O)c1ccc(Cl)cc1. The molecule has 0 atom stereocenters. The highest BCUT2D eigenvalue weighted by atomic mass is 35.5. The first-order valence-corrected chi connectivity index (χ1v) is 7.40. The van der Waals surface area contributed by atoms with E-state index in [0.717, 1.165) is 12.8 Å². The van der Waals surface area contributed by atoms with Gasteiger partial charge in [-0.05, 0) is 36.6 Å². The van der Waals surface area contributed by atoms with E-state index in [9.17, 15) is 4.79 Å². The predicted molar refractivity (Wildman–Crippen MR) is 81.6 cm³/mol. The van der Waals surface area contributed by atoms with Gasteiger partial charge in [0.15, 0.2) is 0 Å². The van der Waals surface area contributed by atoms with Crippen molar-refractivity contribution in [3.63, 3.8) is 0 Å². The Bertz CT molecular complexity index is 437. The van der Waals surface area contributed by atoms with Crippen molar-refractivity contribution >= 4 is 17.4 Å². The van der Waals surface area contributed by atoms with E-state index in [1.165, 1.54) is 32.1 Å². The summed E-state index contributed by atoms with van der Waals surface area (Å²) in [4.78, 5) is 11.7. The zero-order chi connectivity index (χ0) is 13.9. The predicted octanol–water partition coefficient (Wildman–Crippen LogP) is 5.28. The molecule has 0 heterocycles. The van der Waals surface area contributed by atoms with Gasteiger partial charge in [0.2, 0.25) is 5.78 Å². The van der Waals surface area contributed by atoms with Crippen LogP contribution in [-0.4, -0.2) is 5.78 Å². The molecule has 102 valence electrons. The van der Waals surface area contributed by atoms with Crippen molar-refractivity contribution in [2.75, 3.05) is 0 Å². The third kappa shape index (κ3) is 7.03. The maximum atomic E-state index is 11.7. The van der Waals surface area contributed by atoms with Gasteiger partial charge in [-0.3, -0.25) is 4.79 Å². The molecule has 0 saturated heterocycles. The molecule has 0 aromatic heterocycles. The van der Waals surface area contributed by atoms with Gasteiger partial charge in [-0.25, -0.2) is 0 Å². The largest absolute Gasteiger partial charge is 0.279 e. The monoisotopic (exact) mass is 276 g/mol. The van der Waals surface area contributed by atoms with Crippen molar-refractivity contribution in [1.82, 2.24) is 0 Å². The second kappa shape index (κ2) is 9.64. The van der Waals surface area contributed by atoms with Crippen LogP contribution in [0.4, 0.5) is 0 Å². The van der Waals surface area contributed by atoms with Crippen LogP contribution in [0.2, 0.25) is 5.02 Å². The lowest BCUT2D eigenvalue weighted by Crippen LogP contribution is -1.93. The number of ketones is 1. The molecule has 1 aromatic carbocycles. The number of carbonyl (C=O) groups excluding carboxylic acids is 1. The van der Waals surface area contributed by atoms with E-state index < -0.39 is 0 Å². The first-order valence-electron chi connectivity index (χ1n) is 7.03. The molecule has 0 bridgehead atoms. The molecule has 0 spiro atoms. The lowest BCUT2D eigenvalue weighted by Gasteiger charge is -1.96. The molecule has 19 heavy (non-hydrogen) atoms. The summed E-state index contributed by atoms with van der Waals surface area (Å²) in [5.74, 6) is 5.52. The number of rotatable bonds is 7. The van der Waals surface area contributed by atoms with Gasteiger partial charge in [-0.15, -0.1) is 0 Å². The summed E-state index contributed by atoms with van der Waals surface area (Å²) >= 11 is 5.77. The average molecular weight is 277 g/mol. The Hall–Kier alpha value is -1.26. The molecule has 1 nitrogen and oxygen atoms in total. The summed E-state index contributed by atoms with van der Waals surface area (Å²) in [6.45, 7) is 2.22. The Labute approximate surface area is 121 Å². The van der Waals surface area contributed by atoms with Crippen LogP contribution in [0.5, 0.6) is 0 Å². The minimum Gasteiger partial charge on any atom is -0.279 e. The number of carbonyl (C=O) groups is 1. The molecule has 1 rings (SSSR count). The molecule has 0 aliphatic heterocycles. The van der Waals surface area contributed by atoms with Gasteiger partial charge in [0.05, 0.1) is 0 Å². The lowest BCUT2D eigenvalue weighted by molar-refractivity contribution is 0.105. The van der Waals surface area contributed by atoms with Gasteiger partial charge in [-0.1, -0.05) is 56.5 Å². The second-order valence-electron chi connectivity index (χ2n) is 4.66. The normalized spacial score (nSPS) is 9.79. The van der Waals surface area contributed by atoms with Crippen molar-refractivity contribution in [3.8, 4) is 11.8 Å². The first-order chi connectivity index (χ1) is 9.24. The minimum absolute atomic E-state index is 0.123. The van der Waals surface area contributed by atoms with E-state index in [1.54, 1.807) is 24.3 Å². The van der Waals surface area contributed by atoms with Crippen molar-refractivity contribution in [2.24, 2.45) is 0 Å². The van der Waals surface area contributed by atoms with Crippen LogP contribution in [0.1, 0.15) is 62.2 Å². The zero-order valence-electron chi connectivity index (χ0n) is 11.5. The Balaban J connectivity index is 2.22. The number of Topliss-reactive ketones (excluding diaryl/α,β-unsaturated/α-hetero) is 1. The topological polar surface area (TPSA) is 17.1 Å². The Morgan fingerprint density at radius 2 is 1.68 bits per heavy atom. The fourth-order valence-corrected chi connectivity index (χ4v) is 1.94. The highest BCUT2D eigenvalue weighted by Gasteiger charge is 2.00. The quantitative estimate of drug-likeness (QED) is 0.287. The highest BCUT2D eigenvalue weighted by Crippen LogP contribution is 2.10. The maximum absolute atomic E-state index is 11.7. The molecule has 0 aliphatic carbocycles. The van der Waals surface area contributed by atoms with Crippen LogP contribution in [0.3, 0.4) is 0 Å². The molecule has 2 heteroatoms. The van der Waals surface area contributed by atoms with E-state index in [4.69, 9.17) is 11.6 Å². The summed E-state index contributed by atoms with van der Waals surface area (Å²) in [6, 6.07) is 6.85. The fraction of sp³-hybridized carbons (Fsp3) is 0.471. The van der Waals surface area contributed by atoms with Crippen molar-refractivity contribution in [3.05, 3.63) is 34.9 Å². The molecule has 0 radical (unpaired) electrons. The summed E-state index contributed by atoms with van der Waals surface area (Å²) < 4.78 is 0. The van der Waals surface area contributed by atoms with Gasteiger partial charge in [0.1, 0.15) is 0 Å². The summed E-state index contributed by atoms with van der Waals surface area (Å²) in [5, 5.41) is 0.636. The third-order valence-electron chi connectivity index (χ3n) is 2.96. The summed E-state index contributed by atoms with van der Waals surface area (Å²) in [6.07, 6.45) is 8.30. The smallest absolute Gasteiger partial charge is 0.235 e. The van der Waals surface area contributed by atoms with Gasteiger partial charge < -0.3 is 0 Å². The number of halogens is 1. The molecule has 0 N–H and O–H groups in total. The molecular weight excluding hydrogens is 256 g/mol. The van der Waals surface area contributed by atoms with Gasteiger partial charge in [0, 0.05) is 17.0 Å². The summed E-state index contributed by atoms with van der Waals surface area (Å²) in [5.41, 5.74) is 0.611. The lowest BCUT2D eigenvalue weighted by atomic mass is 10.1. The molecule has 0 aliphatic rings. The third-order valence-corrected chi connectivity index (χ3v) is 3.22. The number of unbranched alkanes of at least 4 members (excludes halogenated alkanes) is 6. The minimum atomic E-state index is -0.123. The van der Waals surface area contributed by atoms with Crippen LogP contribution in [0.25, 0.3) is 0 Å². The van der Waals surface area contributed by atoms with Crippen molar-refractivity contribution in [1.29, 1.82) is 0 Å². The molecule has 1 aromatic rings. The molecular formula is C17H21ClO. The fourth-order valence-electron chi connectivity index (χ4n) is 1.81. The van der Waals surface area contributed by atoms with Crippen LogP contribution in [0.15, 0.2) is 24.3 Å². The number of hydrogen-bond donors (Lipinski definition) is 0. The van der Waals surface area contributed by atoms with Gasteiger partial charge in [-0.2, -0.15) is 0 Å². The Morgan fingerprint density at radius 1 is 1.05 bits per heavy atom. The Morgan fingerprint density at radius 3 is 2.37 bits per heavy atom. The van der Waals surface area contributed by atoms with Crippen LogP contribution < -0.4 is 0 Å². The van der Waals surface area contributed by atoms with E-state index in [1.807, 2.05) is 0 Å². The van der Waals surface area contributed by atoms with Gasteiger partial charge in [0.25, 0.3) is 0 Å². The van der Waals surface area contributed by atoms with Crippen LogP contribution in [-0.2, 0) is 0 Å². The van der Waals surface area contributed by atoms with E-state index >= 15 is 0 Å². The average Bonchev–Trinajstić information content (AvgIpc) is 2.42. The Kier molecular flexibility index (Phi) is 8.02. The maximum Gasteiger partial charge on any atom is 0.235 e. The van der Waals surface area contributed by atoms with Crippen LogP contribution >= 0.6 is 11.6 Å². The van der Waals surface area contributed by atoms with E-state index in [0.29, 0.717) is 10.6 Å².